The summed E-state index contributed by atoms with van der Waals surface area (Å²) in [6.07, 6.45) is 5.68. The van der Waals surface area contributed by atoms with Gasteiger partial charge in [0.25, 0.3) is 0 Å². The first-order valence-electron chi connectivity index (χ1n) is 15.6. The Balaban J connectivity index is 1.22. The quantitative estimate of drug-likeness (QED) is 0.205. The van der Waals surface area contributed by atoms with Crippen molar-refractivity contribution in [3.63, 3.8) is 0 Å². The van der Waals surface area contributed by atoms with Crippen molar-refractivity contribution in [2.45, 2.75) is 6.92 Å². The first-order valence-corrected chi connectivity index (χ1v) is 15.6. The van der Waals surface area contributed by atoms with Gasteiger partial charge >= 0.3 is 0 Å². The lowest BCUT2D eigenvalue weighted by Crippen LogP contribution is -1.94. The highest BCUT2D eigenvalue weighted by Crippen LogP contribution is 2.39. The maximum absolute atomic E-state index is 4.83. The minimum Gasteiger partial charge on any atom is -0.309 e. The molecule has 0 amide bonds. The number of benzene rings is 6. The molecule has 3 aromatic heterocycles. The van der Waals surface area contributed by atoms with E-state index in [9.17, 15) is 0 Å². The van der Waals surface area contributed by atoms with Gasteiger partial charge in [-0.05, 0) is 87.8 Å². The maximum Gasteiger partial charge on any atom is 0.0720 e. The van der Waals surface area contributed by atoms with E-state index in [1.165, 1.54) is 60.0 Å². The van der Waals surface area contributed by atoms with Gasteiger partial charge in [0, 0.05) is 51.6 Å². The van der Waals surface area contributed by atoms with Crippen molar-refractivity contribution in [3.8, 4) is 39.2 Å². The van der Waals surface area contributed by atoms with Crippen LogP contribution in [0.5, 0.6) is 0 Å². The predicted octanol–water partition coefficient (Wildman–Crippen LogP) is 11.2. The van der Waals surface area contributed by atoms with Crippen LogP contribution in [0.1, 0.15) is 5.56 Å². The summed E-state index contributed by atoms with van der Waals surface area (Å²) in [6.45, 7) is 2.09. The van der Waals surface area contributed by atoms with Crippen molar-refractivity contribution in [2.24, 2.45) is 0 Å². The Morgan fingerprint density at radius 3 is 1.98 bits per heavy atom. The number of rotatable bonds is 4. The van der Waals surface area contributed by atoms with Gasteiger partial charge in [-0.25, -0.2) is 0 Å². The van der Waals surface area contributed by atoms with Crippen LogP contribution in [0.25, 0.3) is 82.5 Å². The van der Waals surface area contributed by atoms with E-state index < -0.39 is 0 Å². The first kappa shape index (κ1) is 26.4. The molecule has 0 aliphatic carbocycles. The largest absolute Gasteiger partial charge is 0.309 e. The Hall–Kier alpha value is -6.06. The summed E-state index contributed by atoms with van der Waals surface area (Å²) in [5.41, 5.74) is 11.4. The fourth-order valence-corrected chi connectivity index (χ4v) is 6.87. The number of para-hydroxylation sites is 1. The minimum atomic E-state index is 0.934. The fourth-order valence-electron chi connectivity index (χ4n) is 6.87. The summed E-state index contributed by atoms with van der Waals surface area (Å²) >= 11 is 0. The third-order valence-corrected chi connectivity index (χ3v) is 9.25. The molecule has 9 aromatic rings. The lowest BCUT2D eigenvalue weighted by molar-refractivity contribution is 1.19. The van der Waals surface area contributed by atoms with Gasteiger partial charge in [0.2, 0.25) is 0 Å². The highest BCUT2D eigenvalue weighted by Gasteiger charge is 2.17. The lowest BCUT2D eigenvalue weighted by Gasteiger charge is -2.12. The molecule has 0 atom stereocenters. The monoisotopic (exact) mass is 587 g/mol. The smallest absolute Gasteiger partial charge is 0.0720 e. The predicted molar refractivity (Wildman–Crippen MR) is 192 cm³/mol. The van der Waals surface area contributed by atoms with Crippen LogP contribution in [-0.2, 0) is 0 Å². The Kier molecular flexibility index (Phi) is 6.04. The second-order valence-electron chi connectivity index (χ2n) is 12.0. The summed E-state index contributed by atoms with van der Waals surface area (Å²) in [5, 5.41) is 7.46. The SMILES string of the molecule is Cc1ccncc1-c1ccc(-c2ccc3c4ccc5cc(-c6ccc7ccccc7c6)ccc5c4n(-c4ccccc4)c3c2)cn1. The van der Waals surface area contributed by atoms with Crippen LogP contribution in [0.15, 0.2) is 158 Å². The van der Waals surface area contributed by atoms with Crippen molar-refractivity contribution in [3.05, 3.63) is 164 Å². The molecule has 0 aliphatic rings. The molecule has 0 saturated heterocycles. The third kappa shape index (κ3) is 4.28. The molecule has 46 heavy (non-hydrogen) atoms. The molecule has 216 valence electrons. The fraction of sp³-hybridized carbons (Fsp3) is 0.0233. The highest BCUT2D eigenvalue weighted by molar-refractivity contribution is 6.19. The zero-order chi connectivity index (χ0) is 30.6. The van der Waals surface area contributed by atoms with Crippen LogP contribution in [0, 0.1) is 6.92 Å². The van der Waals surface area contributed by atoms with Gasteiger partial charge in [-0.1, -0.05) is 97.1 Å². The van der Waals surface area contributed by atoms with Gasteiger partial charge < -0.3 is 4.57 Å². The average Bonchev–Trinajstić information content (AvgIpc) is 3.46. The van der Waals surface area contributed by atoms with Gasteiger partial charge in [-0.2, -0.15) is 0 Å². The molecule has 0 unspecified atom stereocenters. The molecule has 3 heterocycles. The normalized spacial score (nSPS) is 11.6. The molecule has 0 saturated carbocycles. The van der Waals surface area contributed by atoms with Crippen molar-refractivity contribution >= 4 is 43.4 Å². The van der Waals surface area contributed by atoms with Crippen LogP contribution in [-0.4, -0.2) is 14.5 Å². The molecule has 0 spiro atoms. The second kappa shape index (κ2) is 10.5. The number of fused-ring (bicyclic) bond motifs is 6. The Morgan fingerprint density at radius 1 is 0.500 bits per heavy atom. The van der Waals surface area contributed by atoms with E-state index in [0.29, 0.717) is 0 Å². The molecular weight excluding hydrogens is 558 g/mol. The molecule has 6 aromatic carbocycles. The summed E-state index contributed by atoms with van der Waals surface area (Å²) < 4.78 is 2.42. The van der Waals surface area contributed by atoms with E-state index in [2.05, 4.69) is 150 Å². The van der Waals surface area contributed by atoms with E-state index in [4.69, 9.17) is 4.98 Å². The molecule has 0 N–H and O–H groups in total. The molecule has 0 aliphatic heterocycles. The van der Waals surface area contributed by atoms with Crippen LogP contribution in [0.4, 0.5) is 0 Å². The van der Waals surface area contributed by atoms with Gasteiger partial charge in [-0.15, -0.1) is 0 Å². The summed E-state index contributed by atoms with van der Waals surface area (Å²) in [6, 6.07) is 50.5. The number of aryl methyl sites for hydroxylation is 1. The van der Waals surface area contributed by atoms with Gasteiger partial charge in [0.1, 0.15) is 0 Å². The number of hydrogen-bond donors (Lipinski definition) is 0. The van der Waals surface area contributed by atoms with Crippen molar-refractivity contribution in [1.29, 1.82) is 0 Å². The molecular formula is C43H29N3. The van der Waals surface area contributed by atoms with Crippen LogP contribution >= 0.6 is 0 Å². The first-order chi connectivity index (χ1) is 22.7. The second-order valence-corrected chi connectivity index (χ2v) is 12.0. The van der Waals surface area contributed by atoms with Crippen LogP contribution in [0.3, 0.4) is 0 Å². The Morgan fingerprint density at radius 2 is 1.17 bits per heavy atom. The molecule has 9 rings (SSSR count). The van der Waals surface area contributed by atoms with Crippen molar-refractivity contribution in [1.82, 2.24) is 14.5 Å². The molecule has 0 bridgehead atoms. The molecule has 3 heteroatoms. The van der Waals surface area contributed by atoms with E-state index in [0.717, 1.165) is 28.1 Å². The number of nitrogens with zero attached hydrogens (tertiary/aromatic N) is 3. The molecule has 0 fully saturated rings. The highest BCUT2D eigenvalue weighted by atomic mass is 15.0. The molecule has 3 nitrogen and oxygen atoms in total. The van der Waals surface area contributed by atoms with Gasteiger partial charge in [-0.3, -0.25) is 9.97 Å². The Labute approximate surface area is 267 Å². The zero-order valence-corrected chi connectivity index (χ0v) is 25.4. The third-order valence-electron chi connectivity index (χ3n) is 9.25. The van der Waals surface area contributed by atoms with E-state index >= 15 is 0 Å². The molecule has 0 radical (unpaired) electrons. The Bertz CT molecular complexity index is 2580. The van der Waals surface area contributed by atoms with Crippen LogP contribution < -0.4 is 0 Å². The van der Waals surface area contributed by atoms with Crippen LogP contribution in [0.2, 0.25) is 0 Å². The van der Waals surface area contributed by atoms with Gasteiger partial charge in [0.05, 0.1) is 16.7 Å². The summed E-state index contributed by atoms with van der Waals surface area (Å²) in [5.74, 6) is 0. The number of hydrogen-bond acceptors (Lipinski definition) is 2. The minimum absolute atomic E-state index is 0.934. The van der Waals surface area contributed by atoms with Crippen molar-refractivity contribution in [2.75, 3.05) is 0 Å². The van der Waals surface area contributed by atoms with E-state index in [1.807, 2.05) is 24.7 Å². The van der Waals surface area contributed by atoms with Crippen molar-refractivity contribution < 1.29 is 0 Å². The summed E-state index contributed by atoms with van der Waals surface area (Å²) in [4.78, 5) is 9.14. The zero-order valence-electron chi connectivity index (χ0n) is 25.4. The maximum atomic E-state index is 4.83. The standard InChI is InChI=1S/C43H29N3/c1-28-21-22-44-27-40(28)41-20-16-35(26-45-41)33-14-18-38-39-19-15-34-24-32(31-12-11-29-7-5-6-8-30(29)23-31)13-17-37(34)43(39)46(42(38)25-33)36-9-3-2-4-10-36/h2-27H,1H3. The van der Waals surface area contributed by atoms with Gasteiger partial charge in [0.15, 0.2) is 0 Å². The average molecular weight is 588 g/mol. The summed E-state index contributed by atoms with van der Waals surface area (Å²) in [7, 11) is 0. The topological polar surface area (TPSA) is 30.7 Å². The number of pyridine rings is 2. The number of aromatic nitrogens is 3. The lowest BCUT2D eigenvalue weighted by atomic mass is 9.97. The van der Waals surface area contributed by atoms with E-state index in [1.54, 1.807) is 0 Å². The van der Waals surface area contributed by atoms with E-state index in [-0.39, 0.29) is 0 Å².